The summed E-state index contributed by atoms with van der Waals surface area (Å²) < 4.78 is 13.3. The standard InChI is InChI=1S/C15H19NO2.C6H10BO6.Na/c16-15(18)13-3-1-2-12(14(13)17)11-7-9-4-5-10(6-9)8-11;1-4(8)11-7(12-5(2)9)13-6(3)10;/h1-3,9-11,17H,4-8H2,(H2,16,18);7H,1-3H3;/q;-1;+1. The van der Waals surface area contributed by atoms with Crippen LogP contribution in [0.2, 0.25) is 0 Å². The minimum Gasteiger partial charge on any atom is -0.625 e. The summed E-state index contributed by atoms with van der Waals surface area (Å²) in [7, 11) is -2.41. The van der Waals surface area contributed by atoms with Gasteiger partial charge in [-0.15, -0.1) is 0 Å². The summed E-state index contributed by atoms with van der Waals surface area (Å²) in [5.74, 6) is -0.455. The molecule has 11 heteroatoms. The molecule has 3 N–H and O–H groups in total. The summed E-state index contributed by atoms with van der Waals surface area (Å²) in [6.07, 6.45) is 6.31. The van der Waals surface area contributed by atoms with Crippen molar-refractivity contribution in [2.75, 3.05) is 0 Å². The molecule has 170 valence electrons. The van der Waals surface area contributed by atoms with Gasteiger partial charge in [0.25, 0.3) is 23.8 Å². The summed E-state index contributed by atoms with van der Waals surface area (Å²) >= 11 is 0. The summed E-state index contributed by atoms with van der Waals surface area (Å²) in [5, 5.41) is 10.2. The molecule has 9 nitrogen and oxygen atoms in total. The molecule has 0 radical (unpaired) electrons. The maximum atomic E-state index is 11.3. The molecule has 32 heavy (non-hydrogen) atoms. The van der Waals surface area contributed by atoms with Gasteiger partial charge in [0.15, 0.2) is 0 Å². The second-order valence-electron chi connectivity index (χ2n) is 8.08. The number of benzene rings is 1. The van der Waals surface area contributed by atoms with Gasteiger partial charge in [-0.1, -0.05) is 25.0 Å². The first-order chi connectivity index (χ1) is 14.6. The fourth-order valence-electron chi connectivity index (χ4n) is 4.44. The number of fused-ring (bicyclic) bond motifs is 2. The molecular weight excluding hydrogens is 428 g/mol. The van der Waals surface area contributed by atoms with Gasteiger partial charge in [-0.25, -0.2) is 0 Å². The molecule has 2 bridgehead atoms. The quantitative estimate of drug-likeness (QED) is 0.547. The van der Waals surface area contributed by atoms with Crippen LogP contribution in [-0.2, 0) is 28.3 Å². The van der Waals surface area contributed by atoms with Crippen molar-refractivity contribution < 1.29 is 67.8 Å². The molecule has 0 spiro atoms. The number of carbonyl (C=O) groups excluding carboxylic acids is 4. The largest absolute Gasteiger partial charge is 1.00 e. The van der Waals surface area contributed by atoms with E-state index in [1.807, 2.05) is 12.1 Å². The van der Waals surface area contributed by atoms with Crippen LogP contribution in [-0.4, -0.2) is 36.2 Å². The van der Waals surface area contributed by atoms with Gasteiger partial charge in [-0.2, -0.15) is 0 Å². The van der Waals surface area contributed by atoms with Crippen LogP contribution in [0.1, 0.15) is 74.7 Å². The smallest absolute Gasteiger partial charge is 0.625 e. The molecule has 0 heterocycles. The summed E-state index contributed by atoms with van der Waals surface area (Å²) in [6, 6.07) is 5.36. The Bertz CT molecular complexity index is 799. The second-order valence-corrected chi connectivity index (χ2v) is 8.08. The Morgan fingerprint density at radius 2 is 1.38 bits per heavy atom. The third-order valence-electron chi connectivity index (χ3n) is 5.62. The Labute approximate surface area is 209 Å². The zero-order valence-corrected chi connectivity index (χ0v) is 21.1. The molecule has 0 aromatic heterocycles. The number of primary amides is 1. The minimum absolute atomic E-state index is 0. The first-order valence-electron chi connectivity index (χ1n) is 10.4. The van der Waals surface area contributed by atoms with Crippen LogP contribution in [0.25, 0.3) is 0 Å². The first-order valence-corrected chi connectivity index (χ1v) is 10.4. The van der Waals surface area contributed by atoms with Crippen molar-refractivity contribution >= 4 is 31.1 Å². The fraction of sp³-hybridized carbons (Fsp3) is 0.524. The molecule has 0 saturated heterocycles. The van der Waals surface area contributed by atoms with Crippen molar-refractivity contribution in [1.29, 1.82) is 0 Å². The molecule has 2 atom stereocenters. The number of hydrogen-bond acceptors (Lipinski definition) is 8. The maximum absolute atomic E-state index is 11.3. The summed E-state index contributed by atoms with van der Waals surface area (Å²) in [6.45, 7) is 3.35. The van der Waals surface area contributed by atoms with Gasteiger partial charge in [0, 0.05) is 20.8 Å². The predicted molar refractivity (Wildman–Crippen MR) is 112 cm³/mol. The Morgan fingerprint density at radius 3 is 1.78 bits per heavy atom. The third kappa shape index (κ3) is 8.48. The molecule has 3 rings (SSSR count). The zero-order chi connectivity index (χ0) is 23.1. The topological polar surface area (TPSA) is 142 Å². The Balaban J connectivity index is 0.000000330. The minimum atomic E-state index is -2.41. The van der Waals surface area contributed by atoms with E-state index in [0.29, 0.717) is 5.92 Å². The number of phenols is 1. The number of carbonyl (C=O) groups is 4. The predicted octanol–water partition coefficient (Wildman–Crippen LogP) is -0.818. The molecule has 2 unspecified atom stereocenters. The van der Waals surface area contributed by atoms with Gasteiger partial charge in [0.1, 0.15) is 5.75 Å². The molecule has 1 amide bonds. The van der Waals surface area contributed by atoms with E-state index in [9.17, 15) is 24.3 Å². The monoisotopic (exact) mass is 457 g/mol. The van der Waals surface area contributed by atoms with Crippen LogP contribution >= 0.6 is 0 Å². The van der Waals surface area contributed by atoms with Crippen molar-refractivity contribution in [1.82, 2.24) is 0 Å². The maximum Gasteiger partial charge on any atom is 1.00 e. The Morgan fingerprint density at radius 1 is 0.906 bits per heavy atom. The number of nitrogens with two attached hydrogens (primary N) is 1. The SMILES string of the molecule is CC(=O)O[BH-](OC(C)=O)OC(C)=O.NC(=O)c1cccc(C2CC3CCC(C3)C2)c1O.[Na+]. The average Bonchev–Trinajstić information content (AvgIpc) is 2.98. The van der Waals surface area contributed by atoms with E-state index < -0.39 is 31.1 Å². The van der Waals surface area contributed by atoms with Crippen molar-refractivity contribution in [2.24, 2.45) is 17.6 Å². The molecule has 2 fully saturated rings. The van der Waals surface area contributed by atoms with E-state index in [0.717, 1.165) is 51.0 Å². The van der Waals surface area contributed by atoms with Crippen molar-refractivity contribution in [3.05, 3.63) is 29.3 Å². The molecule has 1 aromatic carbocycles. The van der Waals surface area contributed by atoms with Gasteiger partial charge >= 0.3 is 36.9 Å². The first kappa shape index (κ1) is 28.0. The van der Waals surface area contributed by atoms with E-state index in [1.165, 1.54) is 19.3 Å². The molecule has 2 aliphatic carbocycles. The van der Waals surface area contributed by atoms with Crippen LogP contribution < -0.4 is 35.3 Å². The number of para-hydroxylation sites is 1. The Hall–Kier alpha value is -2.04. The molecule has 0 aliphatic heterocycles. The number of aromatic hydroxyl groups is 1. The van der Waals surface area contributed by atoms with Crippen LogP contribution in [0.5, 0.6) is 5.75 Å². The van der Waals surface area contributed by atoms with Gasteiger partial charge in [-0.3, -0.25) is 19.2 Å². The van der Waals surface area contributed by atoms with Gasteiger partial charge in [0.05, 0.1) is 5.56 Å². The fourth-order valence-corrected chi connectivity index (χ4v) is 4.44. The summed E-state index contributed by atoms with van der Waals surface area (Å²) in [5.41, 5.74) is 6.46. The number of amides is 1. The number of hydrogen-bond donors (Lipinski definition) is 2. The number of rotatable bonds is 5. The molecule has 2 saturated carbocycles. The molecular formula is C21H29BNNaO8. The van der Waals surface area contributed by atoms with Crippen LogP contribution in [0.15, 0.2) is 18.2 Å². The van der Waals surface area contributed by atoms with E-state index >= 15 is 0 Å². The van der Waals surface area contributed by atoms with E-state index in [2.05, 4.69) is 14.0 Å². The van der Waals surface area contributed by atoms with E-state index in [1.54, 1.807) is 6.07 Å². The van der Waals surface area contributed by atoms with Gasteiger partial charge < -0.3 is 24.8 Å². The van der Waals surface area contributed by atoms with Crippen molar-refractivity contribution in [2.45, 2.75) is 58.8 Å². The second kappa shape index (κ2) is 12.9. The summed E-state index contributed by atoms with van der Waals surface area (Å²) in [4.78, 5) is 42.6. The van der Waals surface area contributed by atoms with Crippen LogP contribution in [0.4, 0.5) is 0 Å². The van der Waals surface area contributed by atoms with Crippen LogP contribution in [0.3, 0.4) is 0 Å². The van der Waals surface area contributed by atoms with Crippen LogP contribution in [0, 0.1) is 11.8 Å². The van der Waals surface area contributed by atoms with Crippen molar-refractivity contribution in [3.8, 4) is 5.75 Å². The average molecular weight is 457 g/mol. The molecule has 2 aliphatic rings. The normalized spacial score (nSPS) is 20.8. The van der Waals surface area contributed by atoms with Gasteiger partial charge in [0.2, 0.25) is 0 Å². The van der Waals surface area contributed by atoms with Crippen molar-refractivity contribution in [3.63, 3.8) is 0 Å². The van der Waals surface area contributed by atoms with E-state index in [4.69, 9.17) is 5.73 Å². The van der Waals surface area contributed by atoms with Gasteiger partial charge in [-0.05, 0) is 48.6 Å². The third-order valence-corrected chi connectivity index (χ3v) is 5.62. The van der Waals surface area contributed by atoms with E-state index in [-0.39, 0.29) is 40.9 Å². The Kier molecular flexibility index (Phi) is 11.3. The molecule has 1 aromatic rings. The zero-order valence-electron chi connectivity index (χ0n) is 19.1.